The van der Waals surface area contributed by atoms with Crippen molar-refractivity contribution in [2.45, 2.75) is 38.4 Å². The summed E-state index contributed by atoms with van der Waals surface area (Å²) in [4.78, 5) is 14.4. The first kappa shape index (κ1) is 13.9. The van der Waals surface area contributed by atoms with Gasteiger partial charge in [0.2, 0.25) is 5.91 Å². The van der Waals surface area contributed by atoms with E-state index in [0.717, 1.165) is 31.5 Å². The maximum atomic E-state index is 12.4. The zero-order valence-corrected chi connectivity index (χ0v) is 12.5. The largest absolute Gasteiger partial charge is 0.375 e. The molecule has 2 heterocycles. The van der Waals surface area contributed by atoms with Crippen LogP contribution >= 0.6 is 11.6 Å². The van der Waals surface area contributed by atoms with Crippen molar-refractivity contribution in [3.8, 4) is 0 Å². The lowest BCUT2D eigenvalue weighted by Gasteiger charge is -2.34. The number of nitrogens with zero attached hydrogens (tertiary/aromatic N) is 1. The van der Waals surface area contributed by atoms with Crippen molar-refractivity contribution in [2.75, 3.05) is 13.1 Å². The van der Waals surface area contributed by atoms with Crippen molar-refractivity contribution in [1.29, 1.82) is 0 Å². The first-order chi connectivity index (χ1) is 9.61. The molecule has 0 unspecified atom stereocenters. The van der Waals surface area contributed by atoms with Gasteiger partial charge in [0.1, 0.15) is 0 Å². The summed E-state index contributed by atoms with van der Waals surface area (Å²) in [6.45, 7) is 3.78. The van der Waals surface area contributed by atoms with E-state index >= 15 is 0 Å². The minimum Gasteiger partial charge on any atom is -0.375 e. The van der Waals surface area contributed by atoms with E-state index in [0.29, 0.717) is 29.6 Å². The number of piperidine rings is 1. The molecule has 2 fully saturated rings. The van der Waals surface area contributed by atoms with Crippen LogP contribution in [-0.4, -0.2) is 36.1 Å². The number of carbonyl (C=O) groups is 1. The Labute approximate surface area is 124 Å². The van der Waals surface area contributed by atoms with Gasteiger partial charge in [0, 0.05) is 24.0 Å². The molecule has 3 nitrogen and oxygen atoms in total. The van der Waals surface area contributed by atoms with Crippen LogP contribution in [0.3, 0.4) is 0 Å². The Morgan fingerprint density at radius 1 is 1.50 bits per heavy atom. The summed E-state index contributed by atoms with van der Waals surface area (Å²) >= 11 is 5.96. The molecule has 2 saturated heterocycles. The van der Waals surface area contributed by atoms with Crippen LogP contribution in [0.1, 0.15) is 25.3 Å². The number of likely N-dealkylation sites (tertiary alicyclic amines) is 1. The van der Waals surface area contributed by atoms with Crippen LogP contribution in [-0.2, 0) is 16.0 Å². The van der Waals surface area contributed by atoms with Gasteiger partial charge in [-0.15, -0.1) is 0 Å². The lowest BCUT2D eigenvalue weighted by Crippen LogP contribution is -2.45. The van der Waals surface area contributed by atoms with Crippen LogP contribution < -0.4 is 0 Å². The van der Waals surface area contributed by atoms with Crippen molar-refractivity contribution >= 4 is 17.5 Å². The van der Waals surface area contributed by atoms with Crippen LogP contribution in [0.25, 0.3) is 0 Å². The highest BCUT2D eigenvalue weighted by atomic mass is 35.5. The van der Waals surface area contributed by atoms with Crippen LogP contribution in [0.5, 0.6) is 0 Å². The molecule has 1 amide bonds. The fourth-order valence-electron chi connectivity index (χ4n) is 3.36. The topological polar surface area (TPSA) is 29.5 Å². The predicted octanol–water partition coefficient (Wildman–Crippen LogP) is 2.91. The summed E-state index contributed by atoms with van der Waals surface area (Å²) < 4.78 is 5.87. The van der Waals surface area contributed by atoms with Crippen LogP contribution in [0.2, 0.25) is 5.02 Å². The number of rotatable bonds is 2. The molecule has 2 aliphatic heterocycles. The fraction of sp³-hybridized carbons (Fsp3) is 0.562. The van der Waals surface area contributed by atoms with Crippen molar-refractivity contribution < 1.29 is 9.53 Å². The number of hydrogen-bond donors (Lipinski definition) is 0. The average Bonchev–Trinajstić information content (AvgIpc) is 2.77. The van der Waals surface area contributed by atoms with Crippen molar-refractivity contribution in [1.82, 2.24) is 4.90 Å². The molecule has 2 aliphatic rings. The third-order valence-electron chi connectivity index (χ3n) is 4.30. The summed E-state index contributed by atoms with van der Waals surface area (Å²) in [7, 11) is 0. The fourth-order valence-corrected chi connectivity index (χ4v) is 3.57. The van der Waals surface area contributed by atoms with Gasteiger partial charge in [-0.3, -0.25) is 4.79 Å². The van der Waals surface area contributed by atoms with Gasteiger partial charge in [0.05, 0.1) is 18.6 Å². The van der Waals surface area contributed by atoms with E-state index in [4.69, 9.17) is 16.3 Å². The molecule has 108 valence electrons. The molecule has 1 aromatic rings. The number of ether oxygens (including phenoxy) is 1. The Hall–Kier alpha value is -1.06. The van der Waals surface area contributed by atoms with Crippen molar-refractivity contribution in [2.24, 2.45) is 5.92 Å². The molecule has 0 aliphatic carbocycles. The lowest BCUT2D eigenvalue weighted by molar-refractivity contribution is -0.133. The van der Waals surface area contributed by atoms with E-state index in [-0.39, 0.29) is 5.91 Å². The van der Waals surface area contributed by atoms with E-state index in [1.54, 1.807) is 0 Å². The summed E-state index contributed by atoms with van der Waals surface area (Å²) in [6, 6.07) is 7.55. The lowest BCUT2D eigenvalue weighted by atomic mass is 9.92. The smallest absolute Gasteiger partial charge is 0.227 e. The molecule has 3 atom stereocenters. The summed E-state index contributed by atoms with van der Waals surface area (Å²) in [5, 5.41) is 0.687. The molecule has 1 aromatic carbocycles. The standard InChI is InChI=1S/C16H20ClNO2/c1-11-7-13-10-18(6-5-15(13)20-11)16(19)9-12-3-2-4-14(17)8-12/h2-4,8,11,13,15H,5-7,9-10H2,1H3/t11-,13-,15+/m1/s1. The first-order valence-corrected chi connectivity index (χ1v) is 7.67. The van der Waals surface area contributed by atoms with Gasteiger partial charge in [0.15, 0.2) is 0 Å². The zero-order chi connectivity index (χ0) is 14.1. The minimum atomic E-state index is 0.199. The van der Waals surface area contributed by atoms with Crippen LogP contribution in [0, 0.1) is 5.92 Å². The molecule has 0 spiro atoms. The molecule has 0 aromatic heterocycles. The Morgan fingerprint density at radius 3 is 3.15 bits per heavy atom. The molecular weight excluding hydrogens is 274 g/mol. The molecule has 0 radical (unpaired) electrons. The van der Waals surface area contributed by atoms with E-state index in [9.17, 15) is 4.79 Å². The third-order valence-corrected chi connectivity index (χ3v) is 4.54. The van der Waals surface area contributed by atoms with Crippen molar-refractivity contribution in [3.63, 3.8) is 0 Å². The second-order valence-electron chi connectivity index (χ2n) is 5.92. The maximum Gasteiger partial charge on any atom is 0.227 e. The van der Waals surface area contributed by atoms with E-state index in [2.05, 4.69) is 6.92 Å². The van der Waals surface area contributed by atoms with Gasteiger partial charge < -0.3 is 9.64 Å². The normalized spacial score (nSPS) is 29.3. The van der Waals surface area contributed by atoms with Gasteiger partial charge >= 0.3 is 0 Å². The first-order valence-electron chi connectivity index (χ1n) is 7.29. The second-order valence-corrected chi connectivity index (χ2v) is 6.35. The predicted molar refractivity (Wildman–Crippen MR) is 78.8 cm³/mol. The van der Waals surface area contributed by atoms with Crippen LogP contribution in [0.4, 0.5) is 0 Å². The highest BCUT2D eigenvalue weighted by Crippen LogP contribution is 2.32. The van der Waals surface area contributed by atoms with Crippen molar-refractivity contribution in [3.05, 3.63) is 34.9 Å². The third kappa shape index (κ3) is 2.99. The summed E-state index contributed by atoms with van der Waals surface area (Å²) in [5.74, 6) is 0.715. The van der Waals surface area contributed by atoms with E-state index in [1.165, 1.54) is 0 Å². The van der Waals surface area contributed by atoms with Gasteiger partial charge in [-0.1, -0.05) is 23.7 Å². The van der Waals surface area contributed by atoms with Gasteiger partial charge in [-0.25, -0.2) is 0 Å². The molecule has 0 bridgehead atoms. The number of benzene rings is 1. The molecule has 3 rings (SSSR count). The Kier molecular flexibility index (Phi) is 3.99. The molecule has 4 heteroatoms. The van der Waals surface area contributed by atoms with E-state index < -0.39 is 0 Å². The van der Waals surface area contributed by atoms with E-state index in [1.807, 2.05) is 29.2 Å². The maximum absolute atomic E-state index is 12.4. The SMILES string of the molecule is C[C@@H]1C[C@@H]2CN(C(=O)Cc3cccc(Cl)c3)CC[C@@H]2O1. The van der Waals surface area contributed by atoms with Gasteiger partial charge in [-0.05, 0) is 37.5 Å². The molecule has 20 heavy (non-hydrogen) atoms. The molecular formula is C16H20ClNO2. The number of fused-ring (bicyclic) bond motifs is 1. The number of carbonyl (C=O) groups excluding carboxylic acids is 1. The monoisotopic (exact) mass is 293 g/mol. The minimum absolute atomic E-state index is 0.199. The Morgan fingerprint density at radius 2 is 2.35 bits per heavy atom. The highest BCUT2D eigenvalue weighted by molar-refractivity contribution is 6.30. The zero-order valence-electron chi connectivity index (χ0n) is 11.7. The molecule has 0 saturated carbocycles. The van der Waals surface area contributed by atoms with Gasteiger partial charge in [0.25, 0.3) is 0 Å². The number of amides is 1. The number of hydrogen-bond acceptors (Lipinski definition) is 2. The Balaban J connectivity index is 1.61. The Bertz CT molecular complexity index is 505. The average molecular weight is 294 g/mol. The summed E-state index contributed by atoms with van der Waals surface area (Å²) in [6.07, 6.45) is 3.18. The quantitative estimate of drug-likeness (QED) is 0.839. The second kappa shape index (κ2) is 5.74. The summed E-state index contributed by atoms with van der Waals surface area (Å²) in [5.41, 5.74) is 0.987. The van der Waals surface area contributed by atoms with Gasteiger partial charge in [-0.2, -0.15) is 0 Å². The number of halogens is 1. The van der Waals surface area contributed by atoms with Crippen LogP contribution in [0.15, 0.2) is 24.3 Å². The molecule has 0 N–H and O–H groups in total. The highest BCUT2D eigenvalue weighted by Gasteiger charge is 2.38.